The van der Waals surface area contributed by atoms with Gasteiger partial charge in [0.2, 0.25) is 0 Å². The molecule has 0 atom stereocenters. The van der Waals surface area contributed by atoms with Gasteiger partial charge < -0.3 is 28.4 Å². The third-order valence-electron chi connectivity index (χ3n) is 8.11. The van der Waals surface area contributed by atoms with E-state index in [9.17, 15) is 9.59 Å². The predicted octanol–water partition coefficient (Wildman–Crippen LogP) is 7.21. The first-order valence-electron chi connectivity index (χ1n) is 14.9. The van der Waals surface area contributed by atoms with E-state index in [4.69, 9.17) is 30.5 Å². The molecule has 42 heavy (non-hydrogen) atoms. The number of pyridine rings is 1. The number of methoxy groups -OCH3 is 1. The molecule has 1 amide bonds. The van der Waals surface area contributed by atoms with Crippen molar-refractivity contribution in [3.05, 3.63) is 63.4 Å². The summed E-state index contributed by atoms with van der Waals surface area (Å²) in [6.45, 7) is 7.81. The molecule has 3 aromatic rings. The number of fused-ring (bicyclic) bond motifs is 2. The highest BCUT2D eigenvalue weighted by Gasteiger charge is 2.32. The number of ether oxygens (including phenoxy) is 4. The van der Waals surface area contributed by atoms with E-state index in [2.05, 4.69) is 0 Å². The highest BCUT2D eigenvalue weighted by Crippen LogP contribution is 2.35. The maximum absolute atomic E-state index is 13.4. The second kappa shape index (κ2) is 12.9. The van der Waals surface area contributed by atoms with Crippen LogP contribution >= 0.6 is 11.6 Å². The molecule has 0 N–H and O–H groups in total. The SMILES string of the molecule is COc1ccc(Cl)c2ccc(=O)n(CCCC3CCC(N(Cc4ccc5c(c4)OCCO5)C(=O)OC(C)(C)C)CC3)c12. The lowest BCUT2D eigenvalue weighted by Gasteiger charge is -2.38. The minimum absolute atomic E-state index is 0.0566. The Hall–Kier alpha value is -3.39. The van der Waals surface area contributed by atoms with Gasteiger partial charge in [0.1, 0.15) is 24.6 Å². The van der Waals surface area contributed by atoms with Gasteiger partial charge in [0, 0.05) is 30.6 Å². The molecule has 2 aliphatic rings. The Kier molecular flexibility index (Phi) is 9.21. The second-order valence-corrected chi connectivity index (χ2v) is 12.6. The Morgan fingerprint density at radius 3 is 2.48 bits per heavy atom. The van der Waals surface area contributed by atoms with Crippen molar-refractivity contribution in [2.75, 3.05) is 20.3 Å². The van der Waals surface area contributed by atoms with Crippen LogP contribution < -0.4 is 19.8 Å². The highest BCUT2D eigenvalue weighted by molar-refractivity contribution is 6.35. The molecule has 0 radical (unpaired) electrons. The number of halogens is 1. The lowest BCUT2D eigenvalue weighted by atomic mass is 9.82. The van der Waals surface area contributed by atoms with Gasteiger partial charge in [0.15, 0.2) is 11.5 Å². The number of aryl methyl sites for hydroxylation is 1. The Bertz CT molecular complexity index is 1470. The van der Waals surface area contributed by atoms with Crippen LogP contribution in [0.2, 0.25) is 5.02 Å². The van der Waals surface area contributed by atoms with Crippen molar-refractivity contribution in [3.8, 4) is 17.2 Å². The van der Waals surface area contributed by atoms with Crippen molar-refractivity contribution in [1.29, 1.82) is 0 Å². The van der Waals surface area contributed by atoms with Gasteiger partial charge in [-0.2, -0.15) is 0 Å². The molecule has 2 heterocycles. The van der Waals surface area contributed by atoms with Gasteiger partial charge in [-0.25, -0.2) is 4.79 Å². The number of hydrogen-bond acceptors (Lipinski definition) is 6. The van der Waals surface area contributed by atoms with Crippen molar-refractivity contribution in [3.63, 3.8) is 0 Å². The summed E-state index contributed by atoms with van der Waals surface area (Å²) < 4.78 is 24.6. The molecule has 0 bridgehead atoms. The molecule has 1 aromatic heterocycles. The lowest BCUT2D eigenvalue weighted by Crippen LogP contribution is -2.44. The van der Waals surface area contributed by atoms with Crippen LogP contribution in [0, 0.1) is 5.92 Å². The fraction of sp³-hybridized carbons (Fsp3) is 0.515. The summed E-state index contributed by atoms with van der Waals surface area (Å²) in [7, 11) is 1.61. The Morgan fingerprint density at radius 1 is 1.02 bits per heavy atom. The minimum atomic E-state index is -0.577. The van der Waals surface area contributed by atoms with Crippen molar-refractivity contribution in [2.24, 2.45) is 5.92 Å². The van der Waals surface area contributed by atoms with E-state index in [-0.39, 0.29) is 17.7 Å². The summed E-state index contributed by atoms with van der Waals surface area (Å²) in [5, 5.41) is 1.42. The van der Waals surface area contributed by atoms with Gasteiger partial charge >= 0.3 is 6.09 Å². The number of hydrogen-bond donors (Lipinski definition) is 0. The molecule has 5 rings (SSSR count). The van der Waals surface area contributed by atoms with E-state index in [0.29, 0.717) is 43.0 Å². The number of carbonyl (C=O) groups excluding carboxylic acids is 1. The fourth-order valence-corrected chi connectivity index (χ4v) is 6.29. The molecule has 1 saturated carbocycles. The third-order valence-corrected chi connectivity index (χ3v) is 8.44. The van der Waals surface area contributed by atoms with E-state index in [1.54, 1.807) is 29.9 Å². The van der Waals surface area contributed by atoms with Crippen molar-refractivity contribution in [1.82, 2.24) is 9.47 Å². The monoisotopic (exact) mass is 596 g/mol. The zero-order valence-corrected chi connectivity index (χ0v) is 25.7. The summed E-state index contributed by atoms with van der Waals surface area (Å²) in [6.07, 6.45) is 5.45. The van der Waals surface area contributed by atoms with E-state index >= 15 is 0 Å². The standard InChI is InChI=1S/C33H41ClN2O6/c1-33(2,3)42-32(38)36(21-23-9-14-27-29(20-23)41-19-18-40-27)24-10-7-22(8-11-24)6-5-17-35-30(37)16-12-25-26(34)13-15-28(39-4)31(25)35/h9,12-16,20,22,24H,5-8,10-11,17-19,21H2,1-4H3. The average Bonchev–Trinajstić information content (AvgIpc) is 2.96. The number of amides is 1. The lowest BCUT2D eigenvalue weighted by molar-refractivity contribution is 0.00772. The molecule has 8 nitrogen and oxygen atoms in total. The van der Waals surface area contributed by atoms with Gasteiger partial charge in [0.05, 0.1) is 17.6 Å². The Morgan fingerprint density at radius 2 is 1.76 bits per heavy atom. The predicted molar refractivity (Wildman–Crippen MR) is 164 cm³/mol. The van der Waals surface area contributed by atoms with Crippen molar-refractivity contribution < 1.29 is 23.7 Å². The van der Waals surface area contributed by atoms with E-state index < -0.39 is 5.60 Å². The molecular formula is C33H41ClN2O6. The van der Waals surface area contributed by atoms with Crippen LogP contribution in [0.3, 0.4) is 0 Å². The third kappa shape index (κ3) is 6.97. The molecule has 1 fully saturated rings. The van der Waals surface area contributed by atoms with Gasteiger partial charge in [-0.05, 0) is 101 Å². The van der Waals surface area contributed by atoms with E-state index in [1.807, 2.05) is 49.9 Å². The molecule has 9 heteroatoms. The summed E-state index contributed by atoms with van der Waals surface area (Å²) in [6, 6.07) is 12.9. The number of benzene rings is 2. The van der Waals surface area contributed by atoms with Crippen LogP contribution in [0.1, 0.15) is 64.9 Å². The Labute approximate surface area is 252 Å². The minimum Gasteiger partial charge on any atom is -0.495 e. The van der Waals surface area contributed by atoms with Crippen LogP contribution in [0.15, 0.2) is 47.3 Å². The molecule has 2 aromatic carbocycles. The van der Waals surface area contributed by atoms with Crippen LogP contribution in [0.5, 0.6) is 17.2 Å². The van der Waals surface area contributed by atoms with E-state index in [0.717, 1.165) is 66.5 Å². The van der Waals surface area contributed by atoms with E-state index in [1.165, 1.54) is 0 Å². The normalized spacial score (nSPS) is 18.5. The highest BCUT2D eigenvalue weighted by atomic mass is 35.5. The van der Waals surface area contributed by atoms with Gasteiger partial charge in [-0.15, -0.1) is 0 Å². The largest absolute Gasteiger partial charge is 0.495 e. The summed E-state index contributed by atoms with van der Waals surface area (Å²) >= 11 is 6.43. The topological polar surface area (TPSA) is 79.2 Å². The molecular weight excluding hydrogens is 556 g/mol. The van der Waals surface area contributed by atoms with Crippen molar-refractivity contribution >= 4 is 28.6 Å². The van der Waals surface area contributed by atoms with Crippen molar-refractivity contribution in [2.45, 2.75) is 84.0 Å². The molecule has 226 valence electrons. The second-order valence-electron chi connectivity index (χ2n) is 12.2. The van der Waals surface area contributed by atoms with Gasteiger partial charge in [-0.1, -0.05) is 17.7 Å². The fourth-order valence-electron chi connectivity index (χ4n) is 6.07. The van der Waals surface area contributed by atoms with Crippen LogP contribution in [0.4, 0.5) is 4.79 Å². The smallest absolute Gasteiger partial charge is 0.410 e. The first-order valence-corrected chi connectivity index (χ1v) is 15.2. The molecule has 0 unspecified atom stereocenters. The summed E-state index contributed by atoms with van der Waals surface area (Å²) in [5.74, 6) is 2.64. The molecule has 1 aliphatic heterocycles. The quantitative estimate of drug-likeness (QED) is 0.273. The zero-order chi connectivity index (χ0) is 29.9. The van der Waals surface area contributed by atoms with Crippen LogP contribution in [-0.4, -0.2) is 47.5 Å². The number of aromatic nitrogens is 1. The van der Waals surface area contributed by atoms with Gasteiger partial charge in [-0.3, -0.25) is 4.79 Å². The summed E-state index contributed by atoms with van der Waals surface area (Å²) in [5.41, 5.74) is 1.10. The first-order chi connectivity index (χ1) is 20.1. The zero-order valence-electron chi connectivity index (χ0n) is 25.0. The number of carbonyl (C=O) groups is 1. The molecule has 0 spiro atoms. The molecule has 0 saturated heterocycles. The van der Waals surface area contributed by atoms with Gasteiger partial charge in [0.25, 0.3) is 5.56 Å². The molecule has 1 aliphatic carbocycles. The number of nitrogens with zero attached hydrogens (tertiary/aromatic N) is 2. The first kappa shape index (κ1) is 30.1. The average molecular weight is 597 g/mol. The Balaban J connectivity index is 1.23. The van der Waals surface area contributed by atoms with Crippen LogP contribution in [-0.2, 0) is 17.8 Å². The number of rotatable bonds is 8. The maximum Gasteiger partial charge on any atom is 0.410 e. The summed E-state index contributed by atoms with van der Waals surface area (Å²) in [4.78, 5) is 28.1. The maximum atomic E-state index is 13.4. The van der Waals surface area contributed by atoms with Crippen LogP contribution in [0.25, 0.3) is 10.9 Å².